The molecule has 0 atom stereocenters. The number of ether oxygens (including phenoxy) is 1. The lowest BCUT2D eigenvalue weighted by Crippen LogP contribution is -2.34. The molecule has 1 N–H and O–H groups in total. The van der Waals surface area contributed by atoms with Gasteiger partial charge in [0.15, 0.2) is 0 Å². The highest BCUT2D eigenvalue weighted by atomic mass is 16.5. The number of aromatic nitrogens is 2. The van der Waals surface area contributed by atoms with Gasteiger partial charge in [-0.25, -0.2) is 4.98 Å². The maximum atomic E-state index is 12.1. The molecule has 0 radical (unpaired) electrons. The summed E-state index contributed by atoms with van der Waals surface area (Å²) in [4.78, 5) is 19.7. The summed E-state index contributed by atoms with van der Waals surface area (Å²) in [5.74, 6) is 0.708. The van der Waals surface area contributed by atoms with Gasteiger partial charge in [-0.2, -0.15) is 0 Å². The molecule has 1 aromatic heterocycles. The minimum absolute atomic E-state index is 0.0264. The van der Waals surface area contributed by atoms with Gasteiger partial charge < -0.3 is 9.72 Å². The zero-order valence-corrected chi connectivity index (χ0v) is 11.5. The molecule has 0 aromatic carbocycles. The fourth-order valence-corrected chi connectivity index (χ4v) is 2.79. The van der Waals surface area contributed by atoms with Gasteiger partial charge in [-0.15, -0.1) is 0 Å². The second-order valence-corrected chi connectivity index (χ2v) is 4.83. The molecule has 0 saturated heterocycles. The Balaban J connectivity index is 2.49. The number of rotatable bonds is 5. The second-order valence-electron chi connectivity index (χ2n) is 4.83. The topological polar surface area (TPSA) is 55.0 Å². The van der Waals surface area contributed by atoms with Crippen LogP contribution < -0.4 is 5.56 Å². The zero-order valence-electron chi connectivity index (χ0n) is 11.5. The Morgan fingerprint density at radius 1 is 1.28 bits per heavy atom. The van der Waals surface area contributed by atoms with E-state index in [0.717, 1.165) is 43.4 Å². The number of hydrogen-bond acceptors (Lipinski definition) is 3. The predicted octanol–water partition coefficient (Wildman–Crippen LogP) is 2.31. The van der Waals surface area contributed by atoms with Crippen LogP contribution in [0, 0.1) is 0 Å². The Bertz CT molecular complexity index is 475. The van der Waals surface area contributed by atoms with Crippen LogP contribution in [-0.4, -0.2) is 16.6 Å². The van der Waals surface area contributed by atoms with Crippen LogP contribution in [0.15, 0.2) is 4.79 Å². The van der Waals surface area contributed by atoms with E-state index in [1.54, 1.807) is 0 Å². The molecule has 1 heterocycles. The smallest absolute Gasteiger partial charge is 0.254 e. The van der Waals surface area contributed by atoms with E-state index in [-0.39, 0.29) is 5.56 Å². The van der Waals surface area contributed by atoms with Gasteiger partial charge in [0.2, 0.25) is 0 Å². The maximum Gasteiger partial charge on any atom is 0.254 e. The largest absolute Gasteiger partial charge is 0.367 e. The van der Waals surface area contributed by atoms with Crippen molar-refractivity contribution in [2.75, 3.05) is 6.61 Å². The fourth-order valence-electron chi connectivity index (χ4n) is 2.79. The highest BCUT2D eigenvalue weighted by Crippen LogP contribution is 2.31. The molecule has 0 saturated carbocycles. The lowest BCUT2D eigenvalue weighted by Gasteiger charge is -2.30. The van der Waals surface area contributed by atoms with Gasteiger partial charge in [-0.3, -0.25) is 4.79 Å². The molecule has 2 rings (SSSR count). The van der Waals surface area contributed by atoms with Crippen molar-refractivity contribution in [3.8, 4) is 0 Å². The first-order valence-electron chi connectivity index (χ1n) is 6.93. The van der Waals surface area contributed by atoms with Crippen LogP contribution in [0.4, 0.5) is 0 Å². The fraction of sp³-hybridized carbons (Fsp3) is 0.714. The van der Waals surface area contributed by atoms with Crippen molar-refractivity contribution in [3.63, 3.8) is 0 Å². The molecule has 1 aliphatic carbocycles. The van der Waals surface area contributed by atoms with Crippen LogP contribution in [0.5, 0.6) is 0 Å². The number of aromatic amines is 1. The molecule has 4 nitrogen and oxygen atoms in total. The van der Waals surface area contributed by atoms with Gasteiger partial charge in [0.1, 0.15) is 11.4 Å². The van der Waals surface area contributed by atoms with Crippen molar-refractivity contribution in [1.29, 1.82) is 0 Å². The third-order valence-corrected chi connectivity index (χ3v) is 3.94. The van der Waals surface area contributed by atoms with E-state index in [2.05, 4.69) is 23.8 Å². The zero-order chi connectivity index (χ0) is 13.2. The van der Waals surface area contributed by atoms with Gasteiger partial charge in [0.25, 0.3) is 5.56 Å². The average molecular weight is 250 g/mol. The molecule has 4 heteroatoms. The number of nitrogens with one attached hydrogen (secondary N) is 1. The SMILES string of the molecule is CCOC(CC)(CC)c1nc2c(c(=O)[nH]1)CCC2. The van der Waals surface area contributed by atoms with Crippen molar-refractivity contribution >= 4 is 0 Å². The standard InChI is InChI=1S/C14H22N2O2/c1-4-14(5-2,18-6-3)13-15-11-9-7-8-10(11)12(17)16-13/h4-9H2,1-3H3,(H,15,16,17). The third kappa shape index (κ3) is 2.09. The van der Waals surface area contributed by atoms with E-state index < -0.39 is 5.60 Å². The van der Waals surface area contributed by atoms with E-state index in [0.29, 0.717) is 12.4 Å². The summed E-state index contributed by atoms with van der Waals surface area (Å²) in [7, 11) is 0. The minimum Gasteiger partial charge on any atom is -0.367 e. The lowest BCUT2D eigenvalue weighted by atomic mass is 9.95. The molecular formula is C14H22N2O2. The number of hydrogen-bond donors (Lipinski definition) is 1. The molecule has 0 aliphatic heterocycles. The Hall–Kier alpha value is -1.16. The maximum absolute atomic E-state index is 12.1. The second kappa shape index (κ2) is 5.22. The molecule has 0 fully saturated rings. The van der Waals surface area contributed by atoms with Crippen molar-refractivity contribution in [2.45, 2.75) is 58.5 Å². The molecule has 0 bridgehead atoms. The van der Waals surface area contributed by atoms with E-state index in [1.807, 2.05) is 6.92 Å². The molecule has 0 unspecified atom stereocenters. The third-order valence-electron chi connectivity index (χ3n) is 3.94. The lowest BCUT2D eigenvalue weighted by molar-refractivity contribution is -0.0574. The number of nitrogens with zero attached hydrogens (tertiary/aromatic N) is 1. The van der Waals surface area contributed by atoms with E-state index in [1.165, 1.54) is 0 Å². The van der Waals surface area contributed by atoms with Crippen LogP contribution >= 0.6 is 0 Å². The minimum atomic E-state index is -0.439. The normalized spacial score (nSPS) is 14.8. The van der Waals surface area contributed by atoms with Gasteiger partial charge >= 0.3 is 0 Å². The van der Waals surface area contributed by atoms with Gasteiger partial charge in [-0.1, -0.05) is 13.8 Å². The van der Waals surface area contributed by atoms with Crippen molar-refractivity contribution in [1.82, 2.24) is 9.97 Å². The highest BCUT2D eigenvalue weighted by molar-refractivity contribution is 5.24. The summed E-state index contributed by atoms with van der Waals surface area (Å²) >= 11 is 0. The molecule has 100 valence electrons. The summed E-state index contributed by atoms with van der Waals surface area (Å²) in [5.41, 5.74) is 1.43. The number of H-pyrrole nitrogens is 1. The van der Waals surface area contributed by atoms with Crippen LogP contribution in [0.2, 0.25) is 0 Å². The summed E-state index contributed by atoms with van der Waals surface area (Å²) in [5, 5.41) is 0. The van der Waals surface area contributed by atoms with E-state index in [4.69, 9.17) is 4.74 Å². The van der Waals surface area contributed by atoms with Crippen LogP contribution in [-0.2, 0) is 23.2 Å². The molecule has 1 aromatic rings. The average Bonchev–Trinajstić information content (AvgIpc) is 2.85. The summed E-state index contributed by atoms with van der Waals surface area (Å²) in [6.07, 6.45) is 4.45. The first-order chi connectivity index (χ1) is 8.66. The van der Waals surface area contributed by atoms with Crippen LogP contribution in [0.1, 0.15) is 57.1 Å². The molecule has 0 spiro atoms. The summed E-state index contributed by atoms with van der Waals surface area (Å²) < 4.78 is 5.90. The van der Waals surface area contributed by atoms with Crippen LogP contribution in [0.3, 0.4) is 0 Å². The van der Waals surface area contributed by atoms with Crippen molar-refractivity contribution in [3.05, 3.63) is 27.4 Å². The number of aryl methyl sites for hydroxylation is 1. The quantitative estimate of drug-likeness (QED) is 0.872. The monoisotopic (exact) mass is 250 g/mol. The van der Waals surface area contributed by atoms with Crippen molar-refractivity contribution in [2.24, 2.45) is 0 Å². The summed E-state index contributed by atoms with van der Waals surface area (Å²) in [6.45, 7) is 6.76. The first-order valence-corrected chi connectivity index (χ1v) is 6.93. The highest BCUT2D eigenvalue weighted by Gasteiger charge is 2.33. The Kier molecular flexibility index (Phi) is 3.85. The van der Waals surface area contributed by atoms with Crippen LogP contribution in [0.25, 0.3) is 0 Å². The molecule has 18 heavy (non-hydrogen) atoms. The summed E-state index contributed by atoms with van der Waals surface area (Å²) in [6, 6.07) is 0. The Labute approximate surface area is 108 Å². The number of fused-ring (bicyclic) bond motifs is 1. The van der Waals surface area contributed by atoms with Crippen molar-refractivity contribution < 1.29 is 4.74 Å². The van der Waals surface area contributed by atoms with E-state index >= 15 is 0 Å². The molecular weight excluding hydrogens is 228 g/mol. The Morgan fingerprint density at radius 3 is 2.61 bits per heavy atom. The first kappa shape index (κ1) is 13.3. The van der Waals surface area contributed by atoms with Gasteiger partial charge in [0.05, 0.1) is 5.69 Å². The predicted molar refractivity (Wildman–Crippen MR) is 70.8 cm³/mol. The van der Waals surface area contributed by atoms with E-state index in [9.17, 15) is 4.79 Å². The molecule has 1 aliphatic rings. The van der Waals surface area contributed by atoms with Gasteiger partial charge in [0, 0.05) is 12.2 Å². The molecule has 0 amide bonds. The van der Waals surface area contributed by atoms with Gasteiger partial charge in [-0.05, 0) is 39.0 Å². The Morgan fingerprint density at radius 2 is 2.00 bits per heavy atom.